The molecule has 1 N–H and O–H groups in total. The molecule has 3 aromatic heterocycles. The molecule has 0 saturated carbocycles. The largest absolute Gasteiger partial charge is 0.390 e. The number of nitrogens with zero attached hydrogens (tertiary/aromatic N) is 3. The fourth-order valence-corrected chi connectivity index (χ4v) is 5.08. The summed E-state index contributed by atoms with van der Waals surface area (Å²) in [5.41, 5.74) is 1.41. The van der Waals surface area contributed by atoms with Gasteiger partial charge in [0.1, 0.15) is 0 Å². The lowest BCUT2D eigenvalue weighted by atomic mass is 9.98. The molecular weight excluding hydrogens is 326 g/mol. The molecule has 0 fully saturated rings. The van der Waals surface area contributed by atoms with Crippen molar-refractivity contribution in [3.63, 3.8) is 0 Å². The Balaban J connectivity index is 1.55. The summed E-state index contributed by atoms with van der Waals surface area (Å²) in [6.45, 7) is 2.20. The highest BCUT2D eigenvalue weighted by atomic mass is 32.1. The van der Waals surface area contributed by atoms with Gasteiger partial charge in [0.05, 0.1) is 18.7 Å². The second-order valence-electron chi connectivity index (χ2n) is 5.84. The van der Waals surface area contributed by atoms with Crippen molar-refractivity contribution in [2.45, 2.75) is 25.1 Å². The first-order valence-electron chi connectivity index (χ1n) is 7.80. The zero-order valence-corrected chi connectivity index (χ0v) is 14.3. The summed E-state index contributed by atoms with van der Waals surface area (Å²) in [6, 6.07) is 8.72. The maximum Gasteiger partial charge on any atom is 0.0863 e. The van der Waals surface area contributed by atoms with Crippen molar-refractivity contribution in [1.29, 1.82) is 0 Å². The van der Waals surface area contributed by atoms with Crippen molar-refractivity contribution in [1.82, 2.24) is 14.7 Å². The molecule has 4 rings (SSSR count). The van der Waals surface area contributed by atoms with Gasteiger partial charge in [-0.15, -0.1) is 22.7 Å². The Labute approximate surface area is 143 Å². The van der Waals surface area contributed by atoms with E-state index in [0.717, 1.165) is 13.0 Å². The third kappa shape index (κ3) is 3.12. The summed E-state index contributed by atoms with van der Waals surface area (Å²) in [6.07, 6.45) is 4.30. The van der Waals surface area contributed by atoms with Crippen LogP contribution >= 0.6 is 22.7 Å². The van der Waals surface area contributed by atoms with E-state index in [2.05, 4.69) is 39.0 Å². The third-order valence-corrected chi connectivity index (χ3v) is 6.20. The van der Waals surface area contributed by atoms with Crippen LogP contribution in [0.5, 0.6) is 0 Å². The molecule has 0 radical (unpaired) electrons. The zero-order valence-electron chi connectivity index (χ0n) is 12.7. The average Bonchev–Trinajstić information content (AvgIpc) is 3.29. The maximum atomic E-state index is 10.5. The van der Waals surface area contributed by atoms with Gasteiger partial charge >= 0.3 is 0 Å². The number of β-amino-alcohol motifs (C(OH)–C–C–N with tert-alkyl or cyclic N) is 1. The van der Waals surface area contributed by atoms with Crippen LogP contribution in [-0.2, 0) is 13.0 Å². The summed E-state index contributed by atoms with van der Waals surface area (Å²) in [7, 11) is 0. The molecule has 1 aliphatic rings. The van der Waals surface area contributed by atoms with E-state index in [4.69, 9.17) is 0 Å². The zero-order chi connectivity index (χ0) is 15.6. The van der Waals surface area contributed by atoms with Gasteiger partial charge in [0, 0.05) is 35.2 Å². The van der Waals surface area contributed by atoms with Crippen LogP contribution in [0.1, 0.15) is 21.4 Å². The Kier molecular flexibility index (Phi) is 4.31. The molecule has 3 aromatic rings. The van der Waals surface area contributed by atoms with Gasteiger partial charge in [-0.1, -0.05) is 6.07 Å². The predicted octanol–water partition coefficient (Wildman–Crippen LogP) is 3.01. The van der Waals surface area contributed by atoms with Crippen molar-refractivity contribution in [3.8, 4) is 0 Å². The normalized spacial score (nSPS) is 19.6. The van der Waals surface area contributed by atoms with E-state index in [1.807, 2.05) is 23.6 Å². The summed E-state index contributed by atoms with van der Waals surface area (Å²) >= 11 is 3.65. The molecule has 4 heterocycles. The topological polar surface area (TPSA) is 41.3 Å². The van der Waals surface area contributed by atoms with E-state index in [1.165, 1.54) is 15.3 Å². The molecule has 120 valence electrons. The van der Waals surface area contributed by atoms with Crippen molar-refractivity contribution in [2.75, 3.05) is 13.1 Å². The van der Waals surface area contributed by atoms with Gasteiger partial charge in [-0.3, -0.25) is 9.58 Å². The average molecular weight is 345 g/mol. The van der Waals surface area contributed by atoms with Crippen LogP contribution in [0.4, 0.5) is 0 Å². The molecule has 0 aliphatic carbocycles. The first-order chi connectivity index (χ1) is 11.3. The summed E-state index contributed by atoms with van der Waals surface area (Å²) in [4.78, 5) is 5.26. The van der Waals surface area contributed by atoms with Crippen LogP contribution in [0.2, 0.25) is 0 Å². The molecular formula is C17H19N3OS2. The predicted molar refractivity (Wildman–Crippen MR) is 94.0 cm³/mol. The smallest absolute Gasteiger partial charge is 0.0863 e. The van der Waals surface area contributed by atoms with Crippen LogP contribution < -0.4 is 0 Å². The summed E-state index contributed by atoms with van der Waals surface area (Å²) in [5, 5.41) is 19.0. The van der Waals surface area contributed by atoms with Crippen molar-refractivity contribution < 1.29 is 5.11 Å². The Morgan fingerprint density at radius 2 is 2.17 bits per heavy atom. The van der Waals surface area contributed by atoms with Crippen molar-refractivity contribution >= 4 is 22.7 Å². The molecule has 0 amide bonds. The van der Waals surface area contributed by atoms with Crippen LogP contribution in [0.25, 0.3) is 0 Å². The Bertz CT molecular complexity index is 736. The lowest BCUT2D eigenvalue weighted by Crippen LogP contribution is -2.41. The molecule has 4 nitrogen and oxygen atoms in total. The lowest BCUT2D eigenvalue weighted by molar-refractivity contribution is 0.0787. The van der Waals surface area contributed by atoms with E-state index in [0.29, 0.717) is 13.1 Å². The second-order valence-corrected chi connectivity index (χ2v) is 7.82. The summed E-state index contributed by atoms with van der Waals surface area (Å²) < 4.78 is 1.80. The number of thiophene rings is 2. The van der Waals surface area contributed by atoms with Gasteiger partial charge in [0.2, 0.25) is 0 Å². The van der Waals surface area contributed by atoms with Gasteiger partial charge in [-0.25, -0.2) is 0 Å². The molecule has 1 aliphatic heterocycles. The molecule has 0 aromatic carbocycles. The van der Waals surface area contributed by atoms with Gasteiger partial charge in [-0.05, 0) is 40.9 Å². The first-order valence-corrected chi connectivity index (χ1v) is 9.56. The molecule has 23 heavy (non-hydrogen) atoms. The van der Waals surface area contributed by atoms with Crippen LogP contribution in [0.15, 0.2) is 47.4 Å². The Morgan fingerprint density at radius 1 is 1.22 bits per heavy atom. The number of rotatable bonds is 5. The van der Waals surface area contributed by atoms with Crippen molar-refractivity contribution in [3.05, 3.63) is 62.7 Å². The number of aliphatic hydroxyl groups excluding tert-OH is 1. The van der Waals surface area contributed by atoms with Crippen molar-refractivity contribution in [2.24, 2.45) is 0 Å². The monoisotopic (exact) mass is 345 g/mol. The number of hydrogen-bond donors (Lipinski definition) is 1. The fourth-order valence-electron chi connectivity index (χ4n) is 3.30. The molecule has 0 spiro atoms. The molecule has 0 unspecified atom stereocenters. The first kappa shape index (κ1) is 15.1. The quantitative estimate of drug-likeness (QED) is 0.773. The van der Waals surface area contributed by atoms with E-state index < -0.39 is 6.10 Å². The van der Waals surface area contributed by atoms with E-state index in [-0.39, 0.29) is 6.04 Å². The van der Waals surface area contributed by atoms with Gasteiger partial charge in [-0.2, -0.15) is 5.10 Å². The van der Waals surface area contributed by atoms with Gasteiger partial charge < -0.3 is 5.11 Å². The molecule has 2 atom stereocenters. The SMILES string of the molecule is O[C@@H](CN1CCc2sccc2[C@H]1c1cccs1)Cn1cccn1. The Morgan fingerprint density at radius 3 is 2.96 bits per heavy atom. The van der Waals surface area contributed by atoms with E-state index >= 15 is 0 Å². The van der Waals surface area contributed by atoms with Gasteiger partial charge in [0.15, 0.2) is 0 Å². The third-order valence-electron chi connectivity index (χ3n) is 4.28. The molecule has 6 heteroatoms. The van der Waals surface area contributed by atoms with E-state index in [1.54, 1.807) is 22.2 Å². The minimum atomic E-state index is -0.419. The maximum absolute atomic E-state index is 10.5. The number of hydrogen-bond acceptors (Lipinski definition) is 5. The highest BCUT2D eigenvalue weighted by Crippen LogP contribution is 2.39. The van der Waals surface area contributed by atoms with Crippen LogP contribution in [-0.4, -0.2) is 39.0 Å². The summed E-state index contributed by atoms with van der Waals surface area (Å²) in [5.74, 6) is 0. The van der Waals surface area contributed by atoms with Crippen LogP contribution in [0.3, 0.4) is 0 Å². The second kappa shape index (κ2) is 6.57. The minimum absolute atomic E-state index is 0.275. The van der Waals surface area contributed by atoms with Crippen LogP contribution in [0, 0.1) is 0 Å². The van der Waals surface area contributed by atoms with E-state index in [9.17, 15) is 5.11 Å². The fraction of sp³-hybridized carbons (Fsp3) is 0.353. The van der Waals surface area contributed by atoms with Gasteiger partial charge in [0.25, 0.3) is 0 Å². The minimum Gasteiger partial charge on any atom is -0.390 e. The molecule has 0 saturated heterocycles. The number of fused-ring (bicyclic) bond motifs is 1. The number of aliphatic hydroxyl groups is 1. The standard InChI is InChI=1S/C17H19N3OS2/c21-13(12-20-7-2-6-18-20)11-19-8-4-15-14(5-10-23-15)17(19)16-3-1-9-22-16/h1-3,5-7,9-10,13,17,21H,4,8,11-12H2/t13-,17-/m0/s1. The Hall–Kier alpha value is -1.47. The highest BCUT2D eigenvalue weighted by Gasteiger charge is 2.31. The highest BCUT2D eigenvalue weighted by molar-refractivity contribution is 7.10. The molecule has 0 bridgehead atoms. The lowest BCUT2D eigenvalue weighted by Gasteiger charge is -2.36. The number of aromatic nitrogens is 2.